The van der Waals surface area contributed by atoms with Crippen molar-refractivity contribution in [2.75, 3.05) is 5.43 Å². The van der Waals surface area contributed by atoms with Crippen LogP contribution in [0, 0.1) is 0 Å². The van der Waals surface area contributed by atoms with Gasteiger partial charge in [-0.25, -0.2) is 10.2 Å². The molecule has 26 heavy (non-hydrogen) atoms. The molecular weight excluding hydrogens is 356 g/mol. The molecule has 9 heteroatoms. The number of aryl methyl sites for hydroxylation is 1. The maximum absolute atomic E-state index is 12.3. The van der Waals surface area contributed by atoms with Gasteiger partial charge in [0.15, 0.2) is 11.2 Å². The highest BCUT2D eigenvalue weighted by Crippen LogP contribution is 2.16. The van der Waals surface area contributed by atoms with Gasteiger partial charge in [0.05, 0.1) is 6.21 Å². The van der Waals surface area contributed by atoms with E-state index in [0.29, 0.717) is 17.5 Å². The first-order valence-corrected chi connectivity index (χ1v) is 8.21. The Bertz CT molecular complexity index is 1100. The highest BCUT2D eigenvalue weighted by Gasteiger charge is 2.16. The lowest BCUT2D eigenvalue weighted by atomic mass is 10.2. The number of hydrazone groups is 1. The van der Waals surface area contributed by atoms with Crippen molar-refractivity contribution in [2.24, 2.45) is 12.1 Å². The number of halogens is 1. The van der Waals surface area contributed by atoms with E-state index in [1.165, 1.54) is 11.6 Å². The molecule has 0 saturated heterocycles. The molecule has 0 aliphatic carbocycles. The van der Waals surface area contributed by atoms with Crippen LogP contribution in [-0.4, -0.2) is 25.3 Å². The van der Waals surface area contributed by atoms with E-state index in [9.17, 15) is 9.59 Å². The standard InChI is InChI=1S/C17H17ClN6O2/c1-11(18)8-9-24-13-14(23(2)17(26)21-15(13)25)20-16(24)22-19-10-12-6-4-3-5-7-12/h3-8,10H,9H2,1-2H3,(H,20,22)(H,21,25,26)/b11-8+,19-10?. The zero-order valence-corrected chi connectivity index (χ0v) is 15.0. The Labute approximate surface area is 153 Å². The quantitative estimate of drug-likeness (QED) is 0.529. The van der Waals surface area contributed by atoms with Gasteiger partial charge in [-0.1, -0.05) is 48.0 Å². The molecule has 0 fully saturated rings. The lowest BCUT2D eigenvalue weighted by Crippen LogP contribution is -2.29. The Morgan fingerprint density at radius 2 is 2.08 bits per heavy atom. The van der Waals surface area contributed by atoms with Crippen molar-refractivity contribution in [1.82, 2.24) is 19.1 Å². The van der Waals surface area contributed by atoms with Gasteiger partial charge < -0.3 is 0 Å². The van der Waals surface area contributed by atoms with Gasteiger partial charge in [0.25, 0.3) is 5.56 Å². The number of nitrogens with one attached hydrogen (secondary N) is 2. The number of hydrogen-bond acceptors (Lipinski definition) is 5. The Morgan fingerprint density at radius 3 is 2.77 bits per heavy atom. The largest absolute Gasteiger partial charge is 0.329 e. The zero-order chi connectivity index (χ0) is 18.7. The van der Waals surface area contributed by atoms with Gasteiger partial charge in [0, 0.05) is 18.6 Å². The van der Waals surface area contributed by atoms with Crippen molar-refractivity contribution in [3.05, 3.63) is 67.8 Å². The maximum Gasteiger partial charge on any atom is 0.329 e. The summed E-state index contributed by atoms with van der Waals surface area (Å²) in [5.74, 6) is 0.327. The molecule has 0 bridgehead atoms. The lowest BCUT2D eigenvalue weighted by molar-refractivity contribution is 0.818. The van der Waals surface area contributed by atoms with Gasteiger partial charge in [-0.15, -0.1) is 0 Å². The van der Waals surface area contributed by atoms with Crippen molar-refractivity contribution in [3.8, 4) is 0 Å². The number of hydrogen-bond donors (Lipinski definition) is 2. The van der Waals surface area contributed by atoms with Crippen LogP contribution in [0.1, 0.15) is 12.5 Å². The second kappa shape index (κ2) is 7.40. The number of imidazole rings is 1. The minimum absolute atomic E-state index is 0.261. The van der Waals surface area contributed by atoms with Crippen LogP contribution in [0.5, 0.6) is 0 Å². The molecule has 0 aliphatic heterocycles. The van der Waals surface area contributed by atoms with E-state index >= 15 is 0 Å². The number of fused-ring (bicyclic) bond motifs is 1. The van der Waals surface area contributed by atoms with Crippen LogP contribution in [0.25, 0.3) is 11.2 Å². The zero-order valence-electron chi connectivity index (χ0n) is 14.2. The van der Waals surface area contributed by atoms with Gasteiger partial charge in [0.2, 0.25) is 5.95 Å². The summed E-state index contributed by atoms with van der Waals surface area (Å²) >= 11 is 5.92. The fourth-order valence-electron chi connectivity index (χ4n) is 2.42. The third kappa shape index (κ3) is 3.60. The van der Waals surface area contributed by atoms with Crippen molar-refractivity contribution < 1.29 is 0 Å². The number of aromatic amines is 1. The lowest BCUT2D eigenvalue weighted by Gasteiger charge is -2.05. The van der Waals surface area contributed by atoms with E-state index < -0.39 is 11.2 Å². The summed E-state index contributed by atoms with van der Waals surface area (Å²) in [5, 5.41) is 4.74. The number of aromatic nitrogens is 4. The van der Waals surface area contributed by atoms with Crippen molar-refractivity contribution >= 4 is 34.9 Å². The van der Waals surface area contributed by atoms with Gasteiger partial charge in [-0.3, -0.25) is 18.9 Å². The minimum Gasteiger partial charge on any atom is -0.299 e. The normalized spacial score (nSPS) is 12.2. The molecule has 0 spiro atoms. The number of nitrogens with zero attached hydrogens (tertiary/aromatic N) is 4. The highest BCUT2D eigenvalue weighted by molar-refractivity contribution is 6.29. The van der Waals surface area contributed by atoms with Gasteiger partial charge >= 0.3 is 5.69 Å². The Balaban J connectivity index is 2.07. The van der Waals surface area contributed by atoms with E-state index in [4.69, 9.17) is 11.6 Å². The second-order valence-electron chi connectivity index (χ2n) is 5.61. The van der Waals surface area contributed by atoms with E-state index in [1.807, 2.05) is 30.3 Å². The fourth-order valence-corrected chi connectivity index (χ4v) is 2.49. The Morgan fingerprint density at radius 1 is 1.35 bits per heavy atom. The Hall–Kier alpha value is -3.13. The summed E-state index contributed by atoms with van der Waals surface area (Å²) in [6, 6.07) is 9.53. The molecule has 0 radical (unpaired) electrons. The molecule has 8 nitrogen and oxygen atoms in total. The molecule has 134 valence electrons. The number of rotatable bonds is 5. The third-order valence-electron chi connectivity index (χ3n) is 3.74. The molecule has 0 atom stereocenters. The minimum atomic E-state index is -0.532. The molecule has 2 aromatic heterocycles. The smallest absolute Gasteiger partial charge is 0.299 e. The van der Waals surface area contributed by atoms with Crippen LogP contribution >= 0.6 is 11.6 Å². The van der Waals surface area contributed by atoms with E-state index in [2.05, 4.69) is 20.5 Å². The maximum atomic E-state index is 12.3. The van der Waals surface area contributed by atoms with Crippen LogP contribution in [0.4, 0.5) is 5.95 Å². The molecule has 3 rings (SSSR count). The Kier molecular flexibility index (Phi) is 5.04. The summed E-state index contributed by atoms with van der Waals surface area (Å²) in [6.45, 7) is 2.04. The third-order valence-corrected chi connectivity index (χ3v) is 3.89. The average molecular weight is 373 g/mol. The predicted molar refractivity (Wildman–Crippen MR) is 103 cm³/mol. The van der Waals surface area contributed by atoms with Crippen molar-refractivity contribution in [3.63, 3.8) is 0 Å². The summed E-state index contributed by atoms with van der Waals surface area (Å²) in [6.07, 6.45) is 3.37. The first kappa shape index (κ1) is 17.7. The van der Waals surface area contributed by atoms with Gasteiger partial charge in [-0.2, -0.15) is 10.1 Å². The molecule has 0 saturated carbocycles. The monoisotopic (exact) mass is 372 g/mol. The molecule has 1 aromatic carbocycles. The summed E-state index contributed by atoms with van der Waals surface area (Å²) in [5.41, 5.74) is 3.21. The molecular formula is C17H17ClN6O2. The highest BCUT2D eigenvalue weighted by atomic mass is 35.5. The number of anilines is 1. The predicted octanol–water partition coefficient (Wildman–Crippen LogP) is 2.01. The first-order chi connectivity index (χ1) is 12.5. The molecule has 2 heterocycles. The molecule has 2 N–H and O–H groups in total. The van der Waals surface area contributed by atoms with Crippen molar-refractivity contribution in [1.29, 1.82) is 0 Å². The van der Waals surface area contributed by atoms with E-state index in [0.717, 1.165) is 5.56 Å². The topological polar surface area (TPSA) is 97.1 Å². The first-order valence-electron chi connectivity index (χ1n) is 7.83. The van der Waals surface area contributed by atoms with Crippen LogP contribution in [-0.2, 0) is 13.6 Å². The molecule has 0 amide bonds. The molecule has 3 aromatic rings. The molecule has 0 unspecified atom stereocenters. The van der Waals surface area contributed by atoms with Crippen molar-refractivity contribution in [2.45, 2.75) is 13.5 Å². The summed E-state index contributed by atoms with van der Waals surface area (Å²) in [4.78, 5) is 30.7. The SMILES string of the molecule is C/C(Cl)=C\Cn1c(NN=Cc2ccccc2)nc2c1c(=O)[nH]c(=O)n2C. The van der Waals surface area contributed by atoms with Gasteiger partial charge in [-0.05, 0) is 12.5 Å². The summed E-state index contributed by atoms with van der Waals surface area (Å²) < 4.78 is 2.89. The number of H-pyrrole nitrogens is 1. The molecule has 0 aliphatic rings. The van der Waals surface area contributed by atoms with E-state index in [1.54, 1.807) is 23.8 Å². The van der Waals surface area contributed by atoms with Crippen LogP contribution < -0.4 is 16.7 Å². The van der Waals surface area contributed by atoms with E-state index in [-0.39, 0.29) is 11.2 Å². The number of allylic oxidation sites excluding steroid dienone is 2. The summed E-state index contributed by atoms with van der Waals surface area (Å²) in [7, 11) is 1.54. The van der Waals surface area contributed by atoms with Gasteiger partial charge in [0.1, 0.15) is 0 Å². The van der Waals surface area contributed by atoms with Crippen LogP contribution in [0.15, 0.2) is 56.1 Å². The van der Waals surface area contributed by atoms with Crippen LogP contribution in [0.3, 0.4) is 0 Å². The number of benzene rings is 1. The fraction of sp³-hybridized carbons (Fsp3) is 0.176. The second-order valence-corrected chi connectivity index (χ2v) is 6.20. The average Bonchev–Trinajstić information content (AvgIpc) is 2.98. The van der Waals surface area contributed by atoms with Crippen LogP contribution in [0.2, 0.25) is 0 Å².